The van der Waals surface area contributed by atoms with Gasteiger partial charge in [-0.15, -0.1) is 0 Å². The SMILES string of the molecule is CCS(=O)(=O)NCCCNC(=NC)NC(C)c1ccc(Cl)cc1Cl. The van der Waals surface area contributed by atoms with Crippen LogP contribution in [0.2, 0.25) is 10.0 Å². The van der Waals surface area contributed by atoms with Gasteiger partial charge < -0.3 is 10.6 Å². The Morgan fingerprint density at radius 3 is 2.58 bits per heavy atom. The summed E-state index contributed by atoms with van der Waals surface area (Å²) < 4.78 is 25.2. The first-order valence-electron chi connectivity index (χ1n) is 7.68. The molecule has 136 valence electrons. The topological polar surface area (TPSA) is 82.6 Å². The standard InChI is InChI=1S/C15H24Cl2N4O2S/c1-4-24(22,23)20-9-5-8-19-15(18-3)21-11(2)13-7-6-12(16)10-14(13)17/h6-7,10-11,20H,4-5,8-9H2,1-3H3,(H2,18,19,21). The largest absolute Gasteiger partial charge is 0.356 e. The second-order valence-corrected chi connectivity index (χ2v) is 8.12. The highest BCUT2D eigenvalue weighted by atomic mass is 35.5. The van der Waals surface area contributed by atoms with Gasteiger partial charge in [0.05, 0.1) is 11.8 Å². The molecule has 1 aromatic carbocycles. The van der Waals surface area contributed by atoms with E-state index in [9.17, 15) is 8.42 Å². The van der Waals surface area contributed by atoms with Crippen LogP contribution in [-0.4, -0.2) is 40.3 Å². The Bertz CT molecular complexity index is 665. The van der Waals surface area contributed by atoms with E-state index < -0.39 is 10.0 Å². The molecule has 0 bridgehead atoms. The molecule has 9 heteroatoms. The third kappa shape index (κ3) is 7.25. The van der Waals surface area contributed by atoms with Crippen LogP contribution in [0.25, 0.3) is 0 Å². The molecule has 0 spiro atoms. The molecule has 0 amide bonds. The van der Waals surface area contributed by atoms with Gasteiger partial charge in [-0.05, 0) is 38.0 Å². The smallest absolute Gasteiger partial charge is 0.211 e. The first-order chi connectivity index (χ1) is 11.3. The zero-order valence-electron chi connectivity index (χ0n) is 14.1. The Morgan fingerprint density at radius 1 is 1.29 bits per heavy atom. The molecule has 0 fully saturated rings. The molecular weight excluding hydrogens is 371 g/mol. The first-order valence-corrected chi connectivity index (χ1v) is 10.1. The number of hydrogen-bond acceptors (Lipinski definition) is 3. The number of aliphatic imine (C=N–C) groups is 1. The van der Waals surface area contributed by atoms with E-state index in [2.05, 4.69) is 20.3 Å². The summed E-state index contributed by atoms with van der Waals surface area (Å²) in [6.45, 7) is 4.55. The summed E-state index contributed by atoms with van der Waals surface area (Å²) in [7, 11) is -1.47. The van der Waals surface area contributed by atoms with E-state index in [4.69, 9.17) is 23.2 Å². The van der Waals surface area contributed by atoms with Gasteiger partial charge in [0.1, 0.15) is 0 Å². The van der Waals surface area contributed by atoms with E-state index in [-0.39, 0.29) is 11.8 Å². The molecule has 0 saturated carbocycles. The summed E-state index contributed by atoms with van der Waals surface area (Å²) in [5.74, 6) is 0.704. The maximum atomic E-state index is 11.3. The van der Waals surface area contributed by atoms with E-state index in [1.165, 1.54) is 0 Å². The summed E-state index contributed by atoms with van der Waals surface area (Å²) in [6.07, 6.45) is 0.649. The van der Waals surface area contributed by atoms with Crippen molar-refractivity contribution < 1.29 is 8.42 Å². The van der Waals surface area contributed by atoms with Crippen molar-refractivity contribution >= 4 is 39.2 Å². The number of nitrogens with zero attached hydrogens (tertiary/aromatic N) is 1. The van der Waals surface area contributed by atoms with Crippen molar-refractivity contribution in [1.82, 2.24) is 15.4 Å². The van der Waals surface area contributed by atoms with Crippen molar-refractivity contribution in [3.05, 3.63) is 33.8 Å². The van der Waals surface area contributed by atoms with Gasteiger partial charge in [-0.25, -0.2) is 13.1 Å². The zero-order chi connectivity index (χ0) is 18.2. The molecule has 1 atom stereocenters. The minimum absolute atomic E-state index is 0.0560. The van der Waals surface area contributed by atoms with E-state index in [1.54, 1.807) is 26.1 Å². The number of guanidine groups is 1. The van der Waals surface area contributed by atoms with Crippen LogP contribution in [0.4, 0.5) is 0 Å². The van der Waals surface area contributed by atoms with Crippen LogP contribution in [0.3, 0.4) is 0 Å². The van der Waals surface area contributed by atoms with Crippen LogP contribution in [0.5, 0.6) is 0 Å². The van der Waals surface area contributed by atoms with Gasteiger partial charge in [-0.3, -0.25) is 4.99 Å². The van der Waals surface area contributed by atoms with Crippen LogP contribution in [0, 0.1) is 0 Å². The van der Waals surface area contributed by atoms with Crippen LogP contribution in [0.15, 0.2) is 23.2 Å². The number of nitrogens with one attached hydrogen (secondary N) is 3. The second-order valence-electron chi connectivity index (χ2n) is 5.18. The molecule has 24 heavy (non-hydrogen) atoms. The number of halogens is 2. The molecule has 0 heterocycles. The van der Waals surface area contributed by atoms with Gasteiger partial charge in [0.2, 0.25) is 10.0 Å². The van der Waals surface area contributed by atoms with Crippen LogP contribution in [-0.2, 0) is 10.0 Å². The van der Waals surface area contributed by atoms with Crippen LogP contribution >= 0.6 is 23.2 Å². The van der Waals surface area contributed by atoms with E-state index in [0.717, 1.165) is 5.56 Å². The lowest BCUT2D eigenvalue weighted by atomic mass is 10.1. The van der Waals surface area contributed by atoms with Crippen LogP contribution in [0.1, 0.15) is 31.9 Å². The summed E-state index contributed by atoms with van der Waals surface area (Å²) in [4.78, 5) is 4.15. The fourth-order valence-electron chi connectivity index (χ4n) is 1.96. The maximum Gasteiger partial charge on any atom is 0.211 e. The quantitative estimate of drug-likeness (QED) is 0.359. The Labute approximate surface area is 154 Å². The molecule has 3 N–H and O–H groups in total. The van der Waals surface area contributed by atoms with E-state index in [1.807, 2.05) is 13.0 Å². The maximum absolute atomic E-state index is 11.3. The number of sulfonamides is 1. The van der Waals surface area contributed by atoms with Gasteiger partial charge in [-0.2, -0.15) is 0 Å². The van der Waals surface area contributed by atoms with Gasteiger partial charge >= 0.3 is 0 Å². The number of benzene rings is 1. The molecule has 0 saturated heterocycles. The first kappa shape index (κ1) is 21.0. The molecule has 1 unspecified atom stereocenters. The molecular formula is C15H24Cl2N4O2S. The molecule has 1 aromatic rings. The highest BCUT2D eigenvalue weighted by Gasteiger charge is 2.11. The van der Waals surface area contributed by atoms with Crippen molar-refractivity contribution in [3.8, 4) is 0 Å². The third-order valence-electron chi connectivity index (χ3n) is 3.35. The third-order valence-corrected chi connectivity index (χ3v) is 5.32. The Hall–Kier alpha value is -1.02. The predicted octanol–water partition coefficient (Wildman–Crippen LogP) is 2.55. The fourth-order valence-corrected chi connectivity index (χ4v) is 3.19. The summed E-state index contributed by atoms with van der Waals surface area (Å²) >= 11 is 12.1. The average Bonchev–Trinajstić information content (AvgIpc) is 2.53. The van der Waals surface area contributed by atoms with Crippen molar-refractivity contribution in [2.75, 3.05) is 25.9 Å². The lowest BCUT2D eigenvalue weighted by molar-refractivity contribution is 0.579. The van der Waals surface area contributed by atoms with Crippen molar-refractivity contribution in [3.63, 3.8) is 0 Å². The molecule has 0 aliphatic rings. The highest BCUT2D eigenvalue weighted by molar-refractivity contribution is 7.89. The summed E-state index contributed by atoms with van der Waals surface area (Å²) in [6, 6.07) is 5.30. The second kappa shape index (κ2) is 10.1. The average molecular weight is 395 g/mol. The normalized spacial score (nSPS) is 13.6. The van der Waals surface area contributed by atoms with Crippen molar-refractivity contribution in [1.29, 1.82) is 0 Å². The van der Waals surface area contributed by atoms with Crippen LogP contribution < -0.4 is 15.4 Å². The lowest BCUT2D eigenvalue weighted by Crippen LogP contribution is -2.40. The molecule has 0 aliphatic carbocycles. The zero-order valence-corrected chi connectivity index (χ0v) is 16.4. The van der Waals surface area contributed by atoms with E-state index >= 15 is 0 Å². The fraction of sp³-hybridized carbons (Fsp3) is 0.533. The Morgan fingerprint density at radius 2 is 2.00 bits per heavy atom. The predicted molar refractivity (Wildman–Crippen MR) is 101 cm³/mol. The van der Waals surface area contributed by atoms with E-state index in [0.29, 0.717) is 35.5 Å². The molecule has 0 aromatic heterocycles. The summed E-state index contributed by atoms with van der Waals surface area (Å²) in [5.41, 5.74) is 0.916. The van der Waals surface area contributed by atoms with Gasteiger partial charge in [0.25, 0.3) is 0 Å². The highest BCUT2D eigenvalue weighted by Crippen LogP contribution is 2.25. The van der Waals surface area contributed by atoms with Crippen molar-refractivity contribution in [2.24, 2.45) is 4.99 Å². The van der Waals surface area contributed by atoms with Gasteiger partial charge in [0, 0.05) is 30.2 Å². The lowest BCUT2D eigenvalue weighted by Gasteiger charge is -2.19. The Balaban J connectivity index is 2.45. The minimum atomic E-state index is -3.14. The molecule has 0 radical (unpaired) electrons. The van der Waals surface area contributed by atoms with Gasteiger partial charge in [0.15, 0.2) is 5.96 Å². The molecule has 1 rings (SSSR count). The monoisotopic (exact) mass is 394 g/mol. The number of rotatable bonds is 8. The molecule has 6 nitrogen and oxygen atoms in total. The molecule has 0 aliphatic heterocycles. The minimum Gasteiger partial charge on any atom is -0.356 e. The number of hydrogen-bond donors (Lipinski definition) is 3. The Kier molecular flexibility index (Phi) is 8.83. The summed E-state index contributed by atoms with van der Waals surface area (Å²) in [5, 5.41) is 7.55. The van der Waals surface area contributed by atoms with Gasteiger partial charge in [-0.1, -0.05) is 29.3 Å². The van der Waals surface area contributed by atoms with Crippen molar-refractivity contribution in [2.45, 2.75) is 26.3 Å².